The molecule has 1 atom stereocenters. The number of halogens is 1. The van der Waals surface area contributed by atoms with Crippen molar-refractivity contribution in [3.05, 3.63) is 106 Å². The van der Waals surface area contributed by atoms with Crippen LogP contribution >= 0.6 is 23.4 Å². The van der Waals surface area contributed by atoms with E-state index in [4.69, 9.17) is 26.4 Å². The Morgan fingerprint density at radius 1 is 1.08 bits per heavy atom. The number of aryl methyl sites for hydroxylation is 1. The van der Waals surface area contributed by atoms with Gasteiger partial charge in [0.1, 0.15) is 18.4 Å². The minimum Gasteiger partial charge on any atom is -0.489 e. The van der Waals surface area contributed by atoms with Gasteiger partial charge in [0, 0.05) is 27.7 Å². The average Bonchev–Trinajstić information content (AvgIpc) is 3.34. The predicted molar refractivity (Wildman–Crippen MR) is 158 cm³/mol. The highest BCUT2D eigenvalue weighted by molar-refractivity contribution is 7.99. The molecule has 1 amide bonds. The third-order valence-electron chi connectivity index (χ3n) is 6.37. The first-order valence-electron chi connectivity index (χ1n) is 12.8. The molecule has 7 nitrogen and oxygen atoms in total. The molecule has 2 heterocycles. The number of aromatic nitrogens is 3. The normalized spacial score (nSPS) is 14.5. The zero-order valence-electron chi connectivity index (χ0n) is 22.1. The van der Waals surface area contributed by atoms with Gasteiger partial charge in [0.2, 0.25) is 11.1 Å². The molecule has 0 radical (unpaired) electrons. The molecule has 9 heteroatoms. The Morgan fingerprint density at radius 3 is 2.54 bits per heavy atom. The minimum absolute atomic E-state index is 0.197. The third kappa shape index (κ3) is 6.13. The standard InChI is InChI=1S/C30H30ClN5O2S/c1-4-17-39-30-34-29-32-20(3)26(28(37)33-23-13-9-19(2)10-14-23)27(36(29)35-30)21-11-15-24(16-12-21)38-18-22-7-5-6-8-25(22)31/h5-16,27H,4,17-18H2,1-3H3,(H,33,37)(H,32,34,35). The molecular weight excluding hydrogens is 530 g/mol. The van der Waals surface area contributed by atoms with Crippen LogP contribution in [0.2, 0.25) is 5.02 Å². The second kappa shape index (κ2) is 12.0. The number of hydrogen-bond acceptors (Lipinski definition) is 6. The summed E-state index contributed by atoms with van der Waals surface area (Å²) < 4.78 is 7.79. The molecule has 5 rings (SSSR count). The number of amides is 1. The van der Waals surface area contributed by atoms with Gasteiger partial charge in [-0.2, -0.15) is 4.98 Å². The van der Waals surface area contributed by atoms with Crippen molar-refractivity contribution >= 4 is 40.9 Å². The monoisotopic (exact) mass is 559 g/mol. The van der Waals surface area contributed by atoms with Gasteiger partial charge in [0.15, 0.2) is 0 Å². The summed E-state index contributed by atoms with van der Waals surface area (Å²) in [5, 5.41) is 12.5. The SMILES string of the molecule is CCCSc1nc2n(n1)C(c1ccc(OCc3ccccc3Cl)cc1)C(C(=O)Nc1ccc(C)cc1)=C(C)N2. The second-order valence-corrected chi connectivity index (χ2v) is 10.8. The number of nitrogens with one attached hydrogen (secondary N) is 2. The maximum absolute atomic E-state index is 13.7. The number of allylic oxidation sites excluding steroid dienone is 1. The average molecular weight is 560 g/mol. The summed E-state index contributed by atoms with van der Waals surface area (Å²) in [5.41, 5.74) is 4.98. The maximum Gasteiger partial charge on any atom is 0.255 e. The fourth-order valence-corrected chi connectivity index (χ4v) is 5.22. The Balaban J connectivity index is 1.45. The quantitative estimate of drug-likeness (QED) is 0.210. The molecule has 2 N–H and O–H groups in total. The summed E-state index contributed by atoms with van der Waals surface area (Å²) in [4.78, 5) is 18.4. The van der Waals surface area contributed by atoms with E-state index in [-0.39, 0.29) is 5.91 Å². The number of nitrogens with zero attached hydrogens (tertiary/aromatic N) is 3. The van der Waals surface area contributed by atoms with Crippen molar-refractivity contribution < 1.29 is 9.53 Å². The number of carbonyl (C=O) groups is 1. The molecule has 1 aliphatic heterocycles. The van der Waals surface area contributed by atoms with Crippen molar-refractivity contribution in [2.75, 3.05) is 16.4 Å². The summed E-state index contributed by atoms with van der Waals surface area (Å²) in [6.07, 6.45) is 1.02. The van der Waals surface area contributed by atoms with E-state index in [9.17, 15) is 4.79 Å². The largest absolute Gasteiger partial charge is 0.489 e. The van der Waals surface area contributed by atoms with Crippen molar-refractivity contribution in [2.45, 2.75) is 45.0 Å². The van der Waals surface area contributed by atoms with Crippen molar-refractivity contribution in [1.29, 1.82) is 0 Å². The fraction of sp³-hybridized carbons (Fsp3) is 0.233. The molecule has 1 unspecified atom stereocenters. The molecule has 39 heavy (non-hydrogen) atoms. The molecule has 3 aromatic carbocycles. The van der Waals surface area contributed by atoms with E-state index in [1.54, 1.807) is 16.4 Å². The smallest absolute Gasteiger partial charge is 0.255 e. The van der Waals surface area contributed by atoms with Crippen LogP contribution in [0.4, 0.5) is 11.6 Å². The molecule has 4 aromatic rings. The van der Waals surface area contributed by atoms with E-state index >= 15 is 0 Å². The molecule has 0 bridgehead atoms. The third-order valence-corrected chi connectivity index (χ3v) is 7.78. The lowest BCUT2D eigenvalue weighted by Crippen LogP contribution is -2.31. The van der Waals surface area contributed by atoms with Crippen LogP contribution < -0.4 is 15.4 Å². The fourth-order valence-electron chi connectivity index (χ4n) is 4.35. The predicted octanol–water partition coefficient (Wildman–Crippen LogP) is 7.25. The van der Waals surface area contributed by atoms with Gasteiger partial charge in [-0.1, -0.05) is 78.3 Å². The Morgan fingerprint density at radius 2 is 1.82 bits per heavy atom. The van der Waals surface area contributed by atoms with Crippen molar-refractivity contribution in [1.82, 2.24) is 14.8 Å². The van der Waals surface area contributed by atoms with Gasteiger partial charge in [0.25, 0.3) is 5.91 Å². The van der Waals surface area contributed by atoms with Gasteiger partial charge in [-0.05, 0) is 56.2 Å². The van der Waals surface area contributed by atoms with E-state index in [2.05, 4.69) is 17.6 Å². The molecule has 0 aliphatic carbocycles. The van der Waals surface area contributed by atoms with E-state index in [0.29, 0.717) is 34.1 Å². The lowest BCUT2D eigenvalue weighted by atomic mass is 9.95. The Bertz CT molecular complexity index is 1500. The van der Waals surface area contributed by atoms with Crippen LogP contribution in [0.5, 0.6) is 5.75 Å². The Labute approximate surface area is 237 Å². The molecule has 0 fully saturated rings. The molecule has 200 valence electrons. The summed E-state index contributed by atoms with van der Waals surface area (Å²) in [5.74, 6) is 2.04. The van der Waals surface area contributed by atoms with Gasteiger partial charge < -0.3 is 15.4 Å². The van der Waals surface area contributed by atoms with Gasteiger partial charge in [-0.3, -0.25) is 4.79 Å². The van der Waals surface area contributed by atoms with Crippen molar-refractivity contribution in [3.63, 3.8) is 0 Å². The van der Waals surface area contributed by atoms with Crippen LogP contribution in [0.15, 0.2) is 89.2 Å². The molecule has 1 aromatic heterocycles. The van der Waals surface area contributed by atoms with Crippen LogP contribution in [-0.2, 0) is 11.4 Å². The lowest BCUT2D eigenvalue weighted by molar-refractivity contribution is -0.113. The maximum atomic E-state index is 13.7. The summed E-state index contributed by atoms with van der Waals surface area (Å²) in [7, 11) is 0. The molecule has 0 spiro atoms. The number of fused-ring (bicyclic) bond motifs is 1. The number of rotatable bonds is 9. The number of hydrogen-bond donors (Lipinski definition) is 2. The van der Waals surface area contributed by atoms with Crippen molar-refractivity contribution in [3.8, 4) is 5.75 Å². The zero-order chi connectivity index (χ0) is 27.4. The van der Waals surface area contributed by atoms with Gasteiger partial charge >= 0.3 is 0 Å². The molecular formula is C30H30ClN5O2S. The highest BCUT2D eigenvalue weighted by Crippen LogP contribution is 2.37. The van der Waals surface area contributed by atoms with Gasteiger partial charge in [-0.15, -0.1) is 5.10 Å². The number of anilines is 2. The van der Waals surface area contributed by atoms with Crippen LogP contribution in [0.25, 0.3) is 0 Å². The van der Waals surface area contributed by atoms with Crippen LogP contribution in [0, 0.1) is 6.92 Å². The number of carbonyl (C=O) groups excluding carboxylic acids is 1. The first kappa shape index (κ1) is 26.8. The summed E-state index contributed by atoms with van der Waals surface area (Å²) in [6, 6.07) is 22.7. The first-order chi connectivity index (χ1) is 18.9. The Kier molecular flexibility index (Phi) is 8.24. The van der Waals surface area contributed by atoms with Crippen LogP contribution in [0.1, 0.15) is 43.0 Å². The van der Waals surface area contributed by atoms with Crippen LogP contribution in [-0.4, -0.2) is 26.4 Å². The molecule has 1 aliphatic rings. The molecule has 0 saturated carbocycles. The van der Waals surface area contributed by atoms with E-state index in [1.165, 1.54) is 0 Å². The number of ether oxygens (including phenoxy) is 1. The minimum atomic E-state index is -0.465. The number of thioether (sulfide) groups is 1. The lowest BCUT2D eigenvalue weighted by Gasteiger charge is -2.28. The zero-order valence-corrected chi connectivity index (χ0v) is 23.6. The first-order valence-corrected chi connectivity index (χ1v) is 14.2. The molecule has 0 saturated heterocycles. The summed E-state index contributed by atoms with van der Waals surface area (Å²) in [6.45, 7) is 6.40. The van der Waals surface area contributed by atoms with Gasteiger partial charge in [0.05, 0.1) is 5.57 Å². The Hall–Kier alpha value is -3.75. The number of benzene rings is 3. The van der Waals surface area contributed by atoms with Crippen molar-refractivity contribution in [2.24, 2.45) is 0 Å². The van der Waals surface area contributed by atoms with Gasteiger partial charge in [-0.25, -0.2) is 4.68 Å². The van der Waals surface area contributed by atoms with Crippen LogP contribution in [0.3, 0.4) is 0 Å². The van der Waals surface area contributed by atoms with E-state index in [1.807, 2.05) is 86.6 Å². The highest BCUT2D eigenvalue weighted by atomic mass is 35.5. The highest BCUT2D eigenvalue weighted by Gasteiger charge is 2.34. The second-order valence-electron chi connectivity index (χ2n) is 9.35. The van der Waals surface area contributed by atoms with E-state index in [0.717, 1.165) is 40.2 Å². The topological polar surface area (TPSA) is 81.1 Å². The summed E-state index contributed by atoms with van der Waals surface area (Å²) >= 11 is 7.88. The van der Waals surface area contributed by atoms with E-state index < -0.39 is 6.04 Å².